The van der Waals surface area contributed by atoms with Crippen LogP contribution in [0.25, 0.3) is 11.1 Å². The van der Waals surface area contributed by atoms with Gasteiger partial charge in [0.05, 0.1) is 17.8 Å². The van der Waals surface area contributed by atoms with Crippen molar-refractivity contribution in [2.24, 2.45) is 0 Å². The zero-order chi connectivity index (χ0) is 13.9. The number of rotatable bonds is 3. The number of H-pyrrole nitrogens is 1. The summed E-state index contributed by atoms with van der Waals surface area (Å²) in [7, 11) is 0. The van der Waals surface area contributed by atoms with Crippen LogP contribution in [0.5, 0.6) is 5.75 Å². The minimum Gasteiger partial charge on any atom is -0.486 e. The molecule has 0 radical (unpaired) electrons. The normalized spacial score (nSPS) is 18.9. The van der Waals surface area contributed by atoms with Gasteiger partial charge < -0.3 is 15.2 Å². The third-order valence-corrected chi connectivity index (χ3v) is 3.62. The third-order valence-electron chi connectivity index (χ3n) is 3.32. The summed E-state index contributed by atoms with van der Waals surface area (Å²) in [4.78, 5) is 0. The number of hydrogen-bond acceptors (Lipinski definition) is 4. The van der Waals surface area contributed by atoms with Crippen LogP contribution < -0.4 is 10.5 Å². The number of nitrogens with zero attached hydrogens (tertiary/aromatic N) is 1. The highest BCUT2D eigenvalue weighted by Gasteiger charge is 2.17. The van der Waals surface area contributed by atoms with Crippen molar-refractivity contribution in [3.8, 4) is 16.9 Å². The standard InChI is InChI=1S/C14H16ClN3O2/c15-12-6-9(11-7-17-18-14(11)16)3-4-13(12)20-10-2-1-5-19-8-10/h3-4,6-7,10H,1-2,5,8H2,(H3,16,17,18). The molecule has 1 aromatic carbocycles. The van der Waals surface area contributed by atoms with Gasteiger partial charge in [0.15, 0.2) is 0 Å². The molecule has 0 spiro atoms. The van der Waals surface area contributed by atoms with Crippen LogP contribution in [0.1, 0.15) is 12.8 Å². The summed E-state index contributed by atoms with van der Waals surface area (Å²) >= 11 is 6.28. The van der Waals surface area contributed by atoms with Crippen molar-refractivity contribution in [3.63, 3.8) is 0 Å². The fourth-order valence-electron chi connectivity index (χ4n) is 2.27. The second kappa shape index (κ2) is 5.73. The van der Waals surface area contributed by atoms with Gasteiger partial charge >= 0.3 is 0 Å². The number of aromatic nitrogens is 2. The summed E-state index contributed by atoms with van der Waals surface area (Å²) in [6, 6.07) is 5.62. The van der Waals surface area contributed by atoms with E-state index in [9.17, 15) is 0 Å². The lowest BCUT2D eigenvalue weighted by atomic mass is 10.1. The lowest BCUT2D eigenvalue weighted by Gasteiger charge is -2.23. The zero-order valence-corrected chi connectivity index (χ0v) is 11.7. The van der Waals surface area contributed by atoms with E-state index in [-0.39, 0.29) is 6.10 Å². The van der Waals surface area contributed by atoms with Crippen molar-refractivity contribution in [1.82, 2.24) is 10.2 Å². The topological polar surface area (TPSA) is 73.2 Å². The molecule has 1 aliphatic rings. The van der Waals surface area contributed by atoms with Gasteiger partial charge in [0.2, 0.25) is 0 Å². The molecule has 1 atom stereocenters. The monoisotopic (exact) mass is 293 g/mol. The fourth-order valence-corrected chi connectivity index (χ4v) is 2.50. The number of halogens is 1. The molecular weight excluding hydrogens is 278 g/mol. The van der Waals surface area contributed by atoms with Crippen molar-refractivity contribution in [2.75, 3.05) is 18.9 Å². The second-order valence-corrected chi connectivity index (χ2v) is 5.21. The lowest BCUT2D eigenvalue weighted by Crippen LogP contribution is -2.28. The molecule has 2 heterocycles. The van der Waals surface area contributed by atoms with Crippen LogP contribution in [0.15, 0.2) is 24.4 Å². The Morgan fingerprint density at radius 2 is 2.35 bits per heavy atom. The predicted octanol–water partition coefficient (Wildman–Crippen LogP) is 2.87. The molecule has 2 aromatic rings. The second-order valence-electron chi connectivity index (χ2n) is 4.80. The van der Waals surface area contributed by atoms with Gasteiger partial charge in [-0.2, -0.15) is 5.10 Å². The van der Waals surface area contributed by atoms with Crippen molar-refractivity contribution in [2.45, 2.75) is 18.9 Å². The molecule has 1 unspecified atom stereocenters. The molecule has 20 heavy (non-hydrogen) atoms. The highest BCUT2D eigenvalue weighted by molar-refractivity contribution is 6.32. The molecule has 3 rings (SSSR count). The molecule has 1 aliphatic heterocycles. The van der Waals surface area contributed by atoms with E-state index in [1.165, 1.54) is 0 Å². The molecule has 106 valence electrons. The largest absolute Gasteiger partial charge is 0.486 e. The summed E-state index contributed by atoms with van der Waals surface area (Å²) in [5, 5.41) is 7.17. The fraction of sp³-hybridized carbons (Fsp3) is 0.357. The van der Waals surface area contributed by atoms with E-state index in [0.717, 1.165) is 30.6 Å². The van der Waals surface area contributed by atoms with Gasteiger partial charge in [-0.05, 0) is 30.5 Å². The number of nitrogen functional groups attached to an aromatic ring is 1. The van der Waals surface area contributed by atoms with E-state index in [4.69, 9.17) is 26.8 Å². The van der Waals surface area contributed by atoms with Gasteiger partial charge in [0, 0.05) is 12.2 Å². The maximum absolute atomic E-state index is 6.28. The molecule has 0 saturated carbocycles. The highest BCUT2D eigenvalue weighted by Crippen LogP contribution is 2.33. The van der Waals surface area contributed by atoms with Gasteiger partial charge in [-0.1, -0.05) is 17.7 Å². The first-order valence-electron chi connectivity index (χ1n) is 6.57. The van der Waals surface area contributed by atoms with Gasteiger partial charge in [-0.25, -0.2) is 0 Å². The first kappa shape index (κ1) is 13.3. The zero-order valence-electron chi connectivity index (χ0n) is 10.9. The average molecular weight is 294 g/mol. The van der Waals surface area contributed by atoms with E-state index in [1.807, 2.05) is 18.2 Å². The van der Waals surface area contributed by atoms with Crippen molar-refractivity contribution >= 4 is 17.4 Å². The van der Waals surface area contributed by atoms with Crippen molar-refractivity contribution in [1.29, 1.82) is 0 Å². The van der Waals surface area contributed by atoms with Crippen LogP contribution in [0.3, 0.4) is 0 Å². The molecule has 1 fully saturated rings. The Morgan fingerprint density at radius 3 is 3.00 bits per heavy atom. The molecule has 6 heteroatoms. The van der Waals surface area contributed by atoms with E-state index in [2.05, 4.69) is 10.2 Å². The Balaban J connectivity index is 1.79. The van der Waals surface area contributed by atoms with Crippen molar-refractivity contribution < 1.29 is 9.47 Å². The van der Waals surface area contributed by atoms with Crippen LogP contribution in [0.2, 0.25) is 5.02 Å². The molecule has 1 saturated heterocycles. The van der Waals surface area contributed by atoms with E-state index in [0.29, 0.717) is 23.2 Å². The predicted molar refractivity (Wildman–Crippen MR) is 77.9 cm³/mol. The first-order valence-corrected chi connectivity index (χ1v) is 6.95. The Hall–Kier alpha value is -1.72. The van der Waals surface area contributed by atoms with Gasteiger partial charge in [-0.15, -0.1) is 0 Å². The van der Waals surface area contributed by atoms with E-state index >= 15 is 0 Å². The summed E-state index contributed by atoms with van der Waals surface area (Å²) in [6.45, 7) is 1.43. The van der Waals surface area contributed by atoms with Crippen molar-refractivity contribution in [3.05, 3.63) is 29.4 Å². The van der Waals surface area contributed by atoms with Crippen LogP contribution in [-0.2, 0) is 4.74 Å². The summed E-state index contributed by atoms with van der Waals surface area (Å²) < 4.78 is 11.3. The van der Waals surface area contributed by atoms with E-state index < -0.39 is 0 Å². The maximum Gasteiger partial charge on any atom is 0.138 e. The number of aromatic amines is 1. The number of nitrogens with two attached hydrogens (primary N) is 1. The summed E-state index contributed by atoms with van der Waals surface area (Å²) in [6.07, 6.45) is 3.76. The highest BCUT2D eigenvalue weighted by atomic mass is 35.5. The maximum atomic E-state index is 6.28. The molecule has 5 nitrogen and oxygen atoms in total. The van der Waals surface area contributed by atoms with Gasteiger partial charge in [0.1, 0.15) is 17.7 Å². The Labute approximate surface area is 122 Å². The first-order chi connectivity index (χ1) is 9.74. The number of ether oxygens (including phenoxy) is 2. The van der Waals surface area contributed by atoms with Gasteiger partial charge in [0.25, 0.3) is 0 Å². The smallest absolute Gasteiger partial charge is 0.138 e. The minimum absolute atomic E-state index is 0.0751. The Kier molecular flexibility index (Phi) is 3.80. The van der Waals surface area contributed by atoms with Gasteiger partial charge in [-0.3, -0.25) is 5.10 Å². The molecule has 0 bridgehead atoms. The average Bonchev–Trinajstić information content (AvgIpc) is 2.88. The summed E-state index contributed by atoms with van der Waals surface area (Å²) in [5.41, 5.74) is 7.54. The van der Waals surface area contributed by atoms with Crippen LogP contribution >= 0.6 is 11.6 Å². The quantitative estimate of drug-likeness (QED) is 0.912. The number of hydrogen-bond donors (Lipinski definition) is 2. The molecule has 0 aliphatic carbocycles. The number of anilines is 1. The molecule has 0 amide bonds. The number of benzene rings is 1. The SMILES string of the molecule is Nc1[nH]ncc1-c1ccc(OC2CCCOC2)c(Cl)c1. The molecule has 3 N–H and O–H groups in total. The lowest BCUT2D eigenvalue weighted by molar-refractivity contribution is 0.00748. The molecule has 1 aromatic heterocycles. The number of nitrogens with one attached hydrogen (secondary N) is 1. The minimum atomic E-state index is 0.0751. The van der Waals surface area contributed by atoms with E-state index in [1.54, 1.807) is 6.20 Å². The Morgan fingerprint density at radius 1 is 1.45 bits per heavy atom. The Bertz CT molecular complexity index is 594. The summed E-state index contributed by atoms with van der Waals surface area (Å²) in [5.74, 6) is 1.20. The van der Waals surface area contributed by atoms with Crippen LogP contribution in [0, 0.1) is 0 Å². The third kappa shape index (κ3) is 2.73. The molecular formula is C14H16ClN3O2. The van der Waals surface area contributed by atoms with Crippen LogP contribution in [0.4, 0.5) is 5.82 Å². The van der Waals surface area contributed by atoms with Crippen LogP contribution in [-0.4, -0.2) is 29.5 Å².